The van der Waals surface area contributed by atoms with Crippen LogP contribution in [0.25, 0.3) is 0 Å². The summed E-state index contributed by atoms with van der Waals surface area (Å²) in [5, 5.41) is 0.782. The molecule has 0 bridgehead atoms. The van der Waals surface area contributed by atoms with Gasteiger partial charge in [-0.2, -0.15) is 0 Å². The van der Waals surface area contributed by atoms with E-state index in [2.05, 4.69) is 24.0 Å². The monoisotopic (exact) mass is 294 g/mol. The molecule has 0 spiro atoms. The Balaban J connectivity index is 1.90. The van der Waals surface area contributed by atoms with E-state index < -0.39 is 0 Å². The molecule has 1 aromatic rings. The van der Waals surface area contributed by atoms with E-state index in [4.69, 9.17) is 22.1 Å². The minimum atomic E-state index is 0.0767. The molecule has 1 heterocycles. The molecule has 20 heavy (non-hydrogen) atoms. The second-order valence-corrected chi connectivity index (χ2v) is 6.44. The summed E-state index contributed by atoms with van der Waals surface area (Å²) < 4.78 is 5.91. The first-order chi connectivity index (χ1) is 9.66. The van der Waals surface area contributed by atoms with Crippen molar-refractivity contribution in [3.63, 3.8) is 0 Å². The van der Waals surface area contributed by atoms with Crippen LogP contribution >= 0.6 is 11.6 Å². The van der Waals surface area contributed by atoms with Crippen molar-refractivity contribution in [2.45, 2.75) is 50.4 Å². The Morgan fingerprint density at radius 3 is 3.00 bits per heavy atom. The summed E-state index contributed by atoms with van der Waals surface area (Å²) in [4.78, 5) is 2.55. The standard InChI is InChI=1S/C16H23ClN2O/c1-11(18)16(12-4-2-5-13(17)10-12)19-8-9-20-15-7-3-6-14(15)19/h2,4-5,10-11,14-16H,3,6-9,18H2,1H3. The van der Waals surface area contributed by atoms with Crippen LogP contribution in [0.3, 0.4) is 0 Å². The van der Waals surface area contributed by atoms with Crippen molar-refractivity contribution in [3.8, 4) is 0 Å². The third-order valence-electron chi connectivity index (χ3n) is 4.57. The van der Waals surface area contributed by atoms with Gasteiger partial charge in [-0.3, -0.25) is 4.90 Å². The number of nitrogens with zero attached hydrogens (tertiary/aromatic N) is 1. The molecule has 0 amide bonds. The van der Waals surface area contributed by atoms with Gasteiger partial charge in [0.05, 0.1) is 18.8 Å². The van der Waals surface area contributed by atoms with Crippen LogP contribution in [0.2, 0.25) is 5.02 Å². The van der Waals surface area contributed by atoms with Crippen molar-refractivity contribution in [2.24, 2.45) is 5.73 Å². The summed E-state index contributed by atoms with van der Waals surface area (Å²) in [5.74, 6) is 0. The van der Waals surface area contributed by atoms with Gasteiger partial charge in [0.25, 0.3) is 0 Å². The summed E-state index contributed by atoms with van der Waals surface area (Å²) in [7, 11) is 0. The Morgan fingerprint density at radius 2 is 2.25 bits per heavy atom. The Hall–Kier alpha value is -0.610. The van der Waals surface area contributed by atoms with E-state index in [9.17, 15) is 0 Å². The summed E-state index contributed by atoms with van der Waals surface area (Å²) in [6.45, 7) is 3.86. The summed E-state index contributed by atoms with van der Waals surface area (Å²) in [5.41, 5.74) is 7.53. The third kappa shape index (κ3) is 2.73. The molecule has 3 rings (SSSR count). The van der Waals surface area contributed by atoms with Crippen LogP contribution in [0, 0.1) is 0 Å². The highest BCUT2D eigenvalue weighted by Crippen LogP contribution is 2.36. The van der Waals surface area contributed by atoms with E-state index >= 15 is 0 Å². The van der Waals surface area contributed by atoms with Crippen LogP contribution in [0.15, 0.2) is 24.3 Å². The van der Waals surface area contributed by atoms with Gasteiger partial charge in [-0.05, 0) is 43.9 Å². The number of hydrogen-bond donors (Lipinski definition) is 1. The maximum atomic E-state index is 6.31. The fourth-order valence-electron chi connectivity index (χ4n) is 3.79. The van der Waals surface area contributed by atoms with E-state index in [-0.39, 0.29) is 12.1 Å². The van der Waals surface area contributed by atoms with Crippen molar-refractivity contribution >= 4 is 11.6 Å². The molecule has 1 aromatic carbocycles. The van der Waals surface area contributed by atoms with E-state index in [1.165, 1.54) is 24.8 Å². The van der Waals surface area contributed by atoms with Gasteiger partial charge >= 0.3 is 0 Å². The van der Waals surface area contributed by atoms with Gasteiger partial charge in [0.2, 0.25) is 0 Å². The van der Waals surface area contributed by atoms with Gasteiger partial charge < -0.3 is 10.5 Å². The average Bonchev–Trinajstić information content (AvgIpc) is 2.88. The molecule has 1 saturated heterocycles. The van der Waals surface area contributed by atoms with Crippen molar-refractivity contribution < 1.29 is 4.74 Å². The minimum absolute atomic E-state index is 0.0767. The van der Waals surface area contributed by atoms with E-state index in [0.717, 1.165) is 18.2 Å². The second kappa shape index (κ2) is 6.02. The average molecular weight is 295 g/mol. The molecule has 4 atom stereocenters. The van der Waals surface area contributed by atoms with Crippen LogP contribution in [0.5, 0.6) is 0 Å². The lowest BCUT2D eigenvalue weighted by Crippen LogP contribution is -2.53. The summed E-state index contributed by atoms with van der Waals surface area (Å²) >= 11 is 6.16. The third-order valence-corrected chi connectivity index (χ3v) is 4.81. The molecule has 0 aromatic heterocycles. The van der Waals surface area contributed by atoms with Gasteiger partial charge in [-0.1, -0.05) is 23.7 Å². The minimum Gasteiger partial charge on any atom is -0.375 e. The second-order valence-electron chi connectivity index (χ2n) is 6.00. The number of halogens is 1. The van der Waals surface area contributed by atoms with Crippen molar-refractivity contribution in [1.82, 2.24) is 4.90 Å². The predicted molar refractivity (Wildman–Crippen MR) is 81.9 cm³/mol. The molecular formula is C16H23ClN2O. The number of benzene rings is 1. The molecule has 2 fully saturated rings. The molecule has 4 unspecified atom stereocenters. The molecule has 110 valence electrons. The van der Waals surface area contributed by atoms with Gasteiger partial charge in [0.15, 0.2) is 0 Å². The van der Waals surface area contributed by atoms with Crippen LogP contribution in [0.4, 0.5) is 0 Å². The number of fused-ring (bicyclic) bond motifs is 1. The van der Waals surface area contributed by atoms with Gasteiger partial charge in [-0.25, -0.2) is 0 Å². The lowest BCUT2D eigenvalue weighted by atomic mass is 9.96. The van der Waals surface area contributed by atoms with Crippen molar-refractivity contribution in [2.75, 3.05) is 13.2 Å². The quantitative estimate of drug-likeness (QED) is 0.931. The first-order valence-corrected chi connectivity index (χ1v) is 7.93. The fourth-order valence-corrected chi connectivity index (χ4v) is 3.99. The largest absolute Gasteiger partial charge is 0.375 e. The summed E-state index contributed by atoms with van der Waals surface area (Å²) in [6, 6.07) is 8.93. The number of ether oxygens (including phenoxy) is 1. The molecule has 1 aliphatic heterocycles. The fraction of sp³-hybridized carbons (Fsp3) is 0.625. The SMILES string of the molecule is CC(N)C(c1cccc(Cl)c1)N1CCOC2CCCC21. The topological polar surface area (TPSA) is 38.5 Å². The van der Waals surface area contributed by atoms with Crippen molar-refractivity contribution in [3.05, 3.63) is 34.9 Å². The number of hydrogen-bond acceptors (Lipinski definition) is 3. The lowest BCUT2D eigenvalue weighted by molar-refractivity contribution is -0.0753. The number of rotatable bonds is 3. The zero-order valence-electron chi connectivity index (χ0n) is 12.0. The lowest BCUT2D eigenvalue weighted by Gasteiger charge is -2.44. The molecule has 2 N–H and O–H groups in total. The maximum absolute atomic E-state index is 6.31. The number of nitrogens with two attached hydrogens (primary N) is 1. The van der Waals surface area contributed by atoms with Crippen molar-refractivity contribution in [1.29, 1.82) is 0 Å². The van der Waals surface area contributed by atoms with Crippen LogP contribution in [-0.2, 0) is 4.74 Å². The van der Waals surface area contributed by atoms with E-state index in [0.29, 0.717) is 12.1 Å². The highest BCUT2D eigenvalue weighted by molar-refractivity contribution is 6.30. The predicted octanol–water partition coefficient (Wildman–Crippen LogP) is 2.98. The Labute approximate surface area is 126 Å². The Kier molecular flexibility index (Phi) is 4.32. The first-order valence-electron chi connectivity index (χ1n) is 7.55. The Bertz CT molecular complexity index is 466. The molecule has 3 nitrogen and oxygen atoms in total. The highest BCUT2D eigenvalue weighted by Gasteiger charge is 2.40. The molecule has 0 radical (unpaired) electrons. The molecule has 4 heteroatoms. The molecule has 1 aliphatic carbocycles. The molecule has 2 aliphatic rings. The Morgan fingerprint density at radius 1 is 1.40 bits per heavy atom. The van der Waals surface area contributed by atoms with E-state index in [1.807, 2.05) is 12.1 Å². The zero-order valence-corrected chi connectivity index (χ0v) is 12.7. The highest BCUT2D eigenvalue weighted by atomic mass is 35.5. The maximum Gasteiger partial charge on any atom is 0.0731 e. The smallest absolute Gasteiger partial charge is 0.0731 e. The van der Waals surface area contributed by atoms with Crippen LogP contribution in [-0.4, -0.2) is 36.2 Å². The van der Waals surface area contributed by atoms with Gasteiger partial charge in [0, 0.05) is 23.7 Å². The van der Waals surface area contributed by atoms with Gasteiger partial charge in [-0.15, -0.1) is 0 Å². The molecule has 1 saturated carbocycles. The molecular weight excluding hydrogens is 272 g/mol. The first kappa shape index (κ1) is 14.3. The summed E-state index contributed by atoms with van der Waals surface area (Å²) in [6.07, 6.45) is 4.05. The number of morpholine rings is 1. The van der Waals surface area contributed by atoms with Gasteiger partial charge in [0.1, 0.15) is 0 Å². The van der Waals surface area contributed by atoms with E-state index in [1.54, 1.807) is 0 Å². The van der Waals surface area contributed by atoms with Crippen LogP contribution < -0.4 is 5.73 Å². The zero-order chi connectivity index (χ0) is 14.1. The van der Waals surface area contributed by atoms with Crippen LogP contribution in [0.1, 0.15) is 37.8 Å². The normalized spacial score (nSPS) is 29.9.